The van der Waals surface area contributed by atoms with Gasteiger partial charge in [-0.1, -0.05) is 50.3 Å². The average Bonchev–Trinajstić information content (AvgIpc) is 3.68. The van der Waals surface area contributed by atoms with Crippen molar-refractivity contribution in [2.75, 3.05) is 18.9 Å². The van der Waals surface area contributed by atoms with Crippen molar-refractivity contribution in [2.24, 2.45) is 5.92 Å². The number of H-pyrrole nitrogens is 1. The zero-order chi connectivity index (χ0) is 28.9. The van der Waals surface area contributed by atoms with E-state index in [1.54, 1.807) is 6.07 Å². The molecule has 8 nitrogen and oxygen atoms in total. The van der Waals surface area contributed by atoms with E-state index in [-0.39, 0.29) is 47.3 Å². The summed E-state index contributed by atoms with van der Waals surface area (Å²) in [5.74, 6) is -3.02. The standard InChI is InChI=1S/C31H31F2N5O3/c1-37(28(39)25-14-20-23(35-25)12-11-22(32)27(20)33)26(13-18-7-3-2-4-8-18)29(40)38-17-31(15-19(38)16-34)21-9-5-6-10-24(21)36-30(31)41/h5-6,9-12,14,18-19,26,35H,2-4,7-8,13,15,17H2,1H3,(H,36,41)/t19?,26-,31-/m0/s1. The number of fused-ring (bicyclic) bond motifs is 3. The number of likely N-dealkylation sites (N-methyl/N-ethyl adjacent to an activating group) is 1. The number of aromatic nitrogens is 1. The molecular formula is C31H31F2N5O3. The third-order valence-corrected chi connectivity index (χ3v) is 9.19. The molecular weight excluding hydrogens is 528 g/mol. The summed E-state index contributed by atoms with van der Waals surface area (Å²) in [6, 6.07) is 11.4. The number of carbonyl (C=O) groups excluding carboxylic acids is 3. The van der Waals surface area contributed by atoms with Gasteiger partial charge in [-0.3, -0.25) is 14.4 Å². The first kappa shape index (κ1) is 26.9. The Bertz CT molecular complexity index is 1590. The summed E-state index contributed by atoms with van der Waals surface area (Å²) in [4.78, 5) is 46.9. The van der Waals surface area contributed by atoms with Crippen molar-refractivity contribution in [2.45, 2.75) is 62.4 Å². The third kappa shape index (κ3) is 4.44. The second-order valence-electron chi connectivity index (χ2n) is 11.6. The molecule has 3 amide bonds. The Morgan fingerprint density at radius 3 is 2.68 bits per heavy atom. The Labute approximate surface area is 236 Å². The topological polar surface area (TPSA) is 109 Å². The van der Waals surface area contributed by atoms with E-state index < -0.39 is 35.0 Å². The fourth-order valence-corrected chi connectivity index (χ4v) is 6.93. The fraction of sp³-hybridized carbons (Fsp3) is 0.419. The Morgan fingerprint density at radius 1 is 1.17 bits per heavy atom. The van der Waals surface area contributed by atoms with Crippen molar-refractivity contribution in [3.63, 3.8) is 0 Å². The van der Waals surface area contributed by atoms with Gasteiger partial charge in [0.25, 0.3) is 5.91 Å². The summed E-state index contributed by atoms with van der Waals surface area (Å²) in [6.45, 7) is 0.0347. The Balaban J connectivity index is 1.33. The number of carbonyl (C=O) groups is 3. The number of anilines is 1. The summed E-state index contributed by atoms with van der Waals surface area (Å²) in [6.07, 6.45) is 5.66. The maximum Gasteiger partial charge on any atom is 0.270 e. The number of amides is 3. The molecule has 1 aromatic heterocycles. The van der Waals surface area contributed by atoms with E-state index >= 15 is 0 Å². The van der Waals surface area contributed by atoms with E-state index in [9.17, 15) is 28.4 Å². The zero-order valence-electron chi connectivity index (χ0n) is 22.8. The first-order chi connectivity index (χ1) is 19.7. The lowest BCUT2D eigenvalue weighted by Gasteiger charge is -2.35. The summed E-state index contributed by atoms with van der Waals surface area (Å²) < 4.78 is 28.2. The molecule has 0 bridgehead atoms. The van der Waals surface area contributed by atoms with Gasteiger partial charge in [-0.15, -0.1) is 0 Å². The van der Waals surface area contributed by atoms with Crippen LogP contribution in [0.25, 0.3) is 10.9 Å². The molecule has 3 atom stereocenters. The highest BCUT2D eigenvalue weighted by Gasteiger charge is 2.56. The lowest BCUT2D eigenvalue weighted by molar-refractivity contribution is -0.136. The lowest BCUT2D eigenvalue weighted by Crippen LogP contribution is -2.52. The fourth-order valence-electron chi connectivity index (χ4n) is 6.93. The maximum absolute atomic E-state index is 14.4. The molecule has 3 heterocycles. The molecule has 1 spiro atoms. The molecule has 41 heavy (non-hydrogen) atoms. The molecule has 1 unspecified atom stereocenters. The second-order valence-corrected chi connectivity index (χ2v) is 11.6. The minimum atomic E-state index is -1.05. The predicted molar refractivity (Wildman–Crippen MR) is 148 cm³/mol. The summed E-state index contributed by atoms with van der Waals surface area (Å²) >= 11 is 0. The Morgan fingerprint density at radius 2 is 1.93 bits per heavy atom. The number of benzene rings is 2. The van der Waals surface area contributed by atoms with Crippen LogP contribution in [0.5, 0.6) is 0 Å². The van der Waals surface area contributed by atoms with E-state index in [4.69, 9.17) is 0 Å². The van der Waals surface area contributed by atoms with Gasteiger partial charge >= 0.3 is 0 Å². The molecule has 2 aliphatic heterocycles. The van der Waals surface area contributed by atoms with E-state index in [0.717, 1.165) is 43.7 Å². The molecule has 6 rings (SSSR count). The number of rotatable bonds is 5. The molecule has 1 aliphatic carbocycles. The number of nitriles is 1. The van der Waals surface area contributed by atoms with Crippen LogP contribution in [0.4, 0.5) is 14.5 Å². The van der Waals surface area contributed by atoms with Gasteiger partial charge in [0, 0.05) is 36.6 Å². The Kier molecular flexibility index (Phi) is 6.76. The molecule has 3 aromatic rings. The van der Waals surface area contributed by atoms with Crippen LogP contribution in [0.3, 0.4) is 0 Å². The van der Waals surface area contributed by atoms with E-state index in [1.165, 1.54) is 29.0 Å². The van der Waals surface area contributed by atoms with Crippen LogP contribution in [0.15, 0.2) is 42.5 Å². The number of aromatic amines is 1. The van der Waals surface area contributed by atoms with Crippen LogP contribution in [0, 0.1) is 28.9 Å². The SMILES string of the molecule is CN(C(=O)c1cc2c(F)c(F)ccc2[nH]1)[C@@H](CC1CCCCC1)C(=O)N1C[C@]2(CC1C#N)C(=O)Nc1ccccc12. The van der Waals surface area contributed by atoms with Gasteiger partial charge < -0.3 is 20.1 Å². The number of hydrogen-bond donors (Lipinski definition) is 2. The average molecular weight is 560 g/mol. The van der Waals surface area contributed by atoms with Gasteiger partial charge in [-0.2, -0.15) is 5.26 Å². The van der Waals surface area contributed by atoms with Crippen molar-refractivity contribution in [3.05, 3.63) is 65.4 Å². The summed E-state index contributed by atoms with van der Waals surface area (Å²) in [7, 11) is 1.53. The van der Waals surface area contributed by atoms with E-state index in [1.807, 2.05) is 18.2 Å². The van der Waals surface area contributed by atoms with Crippen LogP contribution < -0.4 is 5.32 Å². The van der Waals surface area contributed by atoms with Crippen LogP contribution in [-0.2, 0) is 15.0 Å². The van der Waals surface area contributed by atoms with Crippen molar-refractivity contribution >= 4 is 34.3 Å². The van der Waals surface area contributed by atoms with Gasteiger partial charge in [0.15, 0.2) is 11.6 Å². The molecule has 0 radical (unpaired) electrons. The first-order valence-electron chi connectivity index (χ1n) is 14.1. The molecule has 2 N–H and O–H groups in total. The van der Waals surface area contributed by atoms with Gasteiger partial charge in [0.05, 0.1) is 11.5 Å². The zero-order valence-corrected chi connectivity index (χ0v) is 22.8. The van der Waals surface area contributed by atoms with Crippen LogP contribution in [-0.4, -0.2) is 58.2 Å². The number of nitrogens with zero attached hydrogens (tertiary/aromatic N) is 3. The van der Waals surface area contributed by atoms with Gasteiger partial charge in [0.2, 0.25) is 11.8 Å². The largest absolute Gasteiger partial charge is 0.350 e. The van der Waals surface area contributed by atoms with Crippen molar-refractivity contribution in [1.82, 2.24) is 14.8 Å². The Hall–Kier alpha value is -4.26. The third-order valence-electron chi connectivity index (χ3n) is 9.19. The number of nitrogens with one attached hydrogen (secondary N) is 2. The minimum absolute atomic E-state index is 0.0345. The smallest absolute Gasteiger partial charge is 0.270 e. The van der Waals surface area contributed by atoms with Crippen LogP contribution >= 0.6 is 0 Å². The highest BCUT2D eigenvalue weighted by Crippen LogP contribution is 2.46. The molecule has 1 saturated carbocycles. The molecule has 212 valence electrons. The highest BCUT2D eigenvalue weighted by molar-refractivity contribution is 6.07. The van der Waals surface area contributed by atoms with Crippen LogP contribution in [0.1, 0.15) is 61.0 Å². The van der Waals surface area contributed by atoms with Crippen molar-refractivity contribution in [3.8, 4) is 6.07 Å². The van der Waals surface area contributed by atoms with Gasteiger partial charge in [0.1, 0.15) is 17.8 Å². The van der Waals surface area contributed by atoms with E-state index in [0.29, 0.717) is 12.1 Å². The maximum atomic E-state index is 14.4. The van der Waals surface area contributed by atoms with Crippen molar-refractivity contribution in [1.29, 1.82) is 5.26 Å². The second kappa shape index (κ2) is 10.3. The number of halogens is 2. The number of likely N-dealkylation sites (tertiary alicyclic amines) is 1. The van der Waals surface area contributed by atoms with Crippen molar-refractivity contribution < 1.29 is 23.2 Å². The van der Waals surface area contributed by atoms with Gasteiger partial charge in [-0.25, -0.2) is 8.78 Å². The molecule has 2 aromatic carbocycles. The minimum Gasteiger partial charge on any atom is -0.350 e. The summed E-state index contributed by atoms with van der Waals surface area (Å²) in [5, 5.41) is 12.9. The predicted octanol–water partition coefficient (Wildman–Crippen LogP) is 4.87. The quantitative estimate of drug-likeness (QED) is 0.465. The number of para-hydroxylation sites is 1. The van der Waals surface area contributed by atoms with Gasteiger partial charge in [-0.05, 0) is 42.2 Å². The molecule has 2 fully saturated rings. The molecule has 3 aliphatic rings. The first-order valence-corrected chi connectivity index (χ1v) is 14.1. The molecule has 1 saturated heterocycles. The molecule has 10 heteroatoms. The highest BCUT2D eigenvalue weighted by atomic mass is 19.2. The van der Waals surface area contributed by atoms with Crippen LogP contribution in [0.2, 0.25) is 0 Å². The number of hydrogen-bond acceptors (Lipinski definition) is 4. The normalized spacial score (nSPS) is 22.9. The monoisotopic (exact) mass is 559 g/mol. The summed E-state index contributed by atoms with van der Waals surface area (Å²) in [5.41, 5.74) is 0.710. The lowest BCUT2D eigenvalue weighted by atomic mass is 9.80. The van der Waals surface area contributed by atoms with E-state index in [2.05, 4.69) is 16.4 Å².